The summed E-state index contributed by atoms with van der Waals surface area (Å²) in [4.78, 5) is 4.42. The van der Waals surface area contributed by atoms with Gasteiger partial charge in [-0.25, -0.2) is 0 Å². The van der Waals surface area contributed by atoms with Crippen molar-refractivity contribution < 1.29 is 4.42 Å². The second kappa shape index (κ2) is 7.30. The highest BCUT2D eigenvalue weighted by atomic mass is 16.3. The minimum Gasteiger partial charge on any atom is -0.456 e. The number of para-hydroxylation sites is 2. The molecule has 5 aromatic carbocycles. The van der Waals surface area contributed by atoms with Crippen molar-refractivity contribution in [3.05, 3.63) is 122 Å². The van der Waals surface area contributed by atoms with Crippen LogP contribution in [0.3, 0.4) is 0 Å². The van der Waals surface area contributed by atoms with Crippen molar-refractivity contribution in [3.8, 4) is 16.8 Å². The van der Waals surface area contributed by atoms with Gasteiger partial charge in [0.25, 0.3) is 0 Å². The first-order chi connectivity index (χ1) is 17.8. The quantitative estimate of drug-likeness (QED) is 0.241. The maximum atomic E-state index is 6.30. The molecule has 0 spiro atoms. The molecule has 0 saturated carbocycles. The molecule has 8 rings (SSSR count). The van der Waals surface area contributed by atoms with Gasteiger partial charge in [-0.15, -0.1) is 0 Å². The average molecular weight is 461 g/mol. The summed E-state index contributed by atoms with van der Waals surface area (Å²) in [6, 6.07) is 36.5. The predicted octanol–water partition coefficient (Wildman–Crippen LogP) is 8.90. The van der Waals surface area contributed by atoms with Gasteiger partial charge in [0.15, 0.2) is 0 Å². The van der Waals surface area contributed by atoms with Gasteiger partial charge >= 0.3 is 0 Å². The number of hydrogen-bond donors (Lipinski definition) is 0. The highest BCUT2D eigenvalue weighted by Gasteiger charge is 2.15. The van der Waals surface area contributed by atoms with Gasteiger partial charge in [-0.05, 0) is 87.8 Å². The molecule has 0 aliphatic heterocycles. The van der Waals surface area contributed by atoms with E-state index in [-0.39, 0.29) is 0 Å². The van der Waals surface area contributed by atoms with Gasteiger partial charge in [0.05, 0.1) is 5.52 Å². The number of fused-ring (bicyclic) bond motifs is 7. The molecule has 0 N–H and O–H groups in total. The van der Waals surface area contributed by atoms with E-state index in [4.69, 9.17) is 4.42 Å². The van der Waals surface area contributed by atoms with Gasteiger partial charge in [-0.3, -0.25) is 4.98 Å². The zero-order valence-corrected chi connectivity index (χ0v) is 19.3. The van der Waals surface area contributed by atoms with Crippen LogP contribution in [-0.4, -0.2) is 9.55 Å². The van der Waals surface area contributed by atoms with E-state index in [0.717, 1.165) is 33.2 Å². The van der Waals surface area contributed by atoms with E-state index >= 15 is 0 Å². The fraction of sp³-hybridized carbons (Fsp3) is 0. The maximum absolute atomic E-state index is 6.30. The van der Waals surface area contributed by atoms with Crippen LogP contribution in [0.4, 0.5) is 0 Å². The lowest BCUT2D eigenvalue weighted by Gasteiger charge is -2.13. The highest BCUT2D eigenvalue weighted by molar-refractivity contribution is 6.21. The molecule has 0 fully saturated rings. The van der Waals surface area contributed by atoms with Crippen LogP contribution < -0.4 is 0 Å². The molecule has 0 saturated heterocycles. The third kappa shape index (κ3) is 2.77. The van der Waals surface area contributed by atoms with Crippen LogP contribution in [0.25, 0.3) is 71.2 Å². The number of aromatic nitrogens is 2. The maximum Gasteiger partial charge on any atom is 0.136 e. The summed E-state index contributed by atoms with van der Waals surface area (Å²) in [5, 5.41) is 8.29. The van der Waals surface area contributed by atoms with Gasteiger partial charge in [0.2, 0.25) is 0 Å². The SMILES string of the molecule is c1ccc(-n2ccc3cc4cc(-c5cccnc5)c5cc6c(cc5c4cc32)oc2ccccc26)cc1. The summed E-state index contributed by atoms with van der Waals surface area (Å²) in [6.45, 7) is 0. The van der Waals surface area contributed by atoms with Crippen LogP contribution >= 0.6 is 0 Å². The van der Waals surface area contributed by atoms with Crippen LogP contribution in [0.1, 0.15) is 0 Å². The van der Waals surface area contributed by atoms with Crippen molar-refractivity contribution in [2.45, 2.75) is 0 Å². The van der Waals surface area contributed by atoms with Crippen molar-refractivity contribution in [2.24, 2.45) is 0 Å². The molecule has 0 bridgehead atoms. The molecule has 0 aliphatic rings. The van der Waals surface area contributed by atoms with Crippen molar-refractivity contribution in [1.82, 2.24) is 9.55 Å². The molecule has 3 heteroatoms. The molecule has 36 heavy (non-hydrogen) atoms. The summed E-state index contributed by atoms with van der Waals surface area (Å²) >= 11 is 0. The highest BCUT2D eigenvalue weighted by Crippen LogP contribution is 2.41. The van der Waals surface area contributed by atoms with Crippen molar-refractivity contribution in [3.63, 3.8) is 0 Å². The van der Waals surface area contributed by atoms with Crippen LogP contribution in [-0.2, 0) is 0 Å². The lowest BCUT2D eigenvalue weighted by Crippen LogP contribution is -1.91. The van der Waals surface area contributed by atoms with Crippen molar-refractivity contribution >= 4 is 54.4 Å². The van der Waals surface area contributed by atoms with E-state index < -0.39 is 0 Å². The first-order valence-electron chi connectivity index (χ1n) is 12.1. The Balaban J connectivity index is 1.53. The first-order valence-corrected chi connectivity index (χ1v) is 12.1. The monoisotopic (exact) mass is 460 g/mol. The van der Waals surface area contributed by atoms with Crippen LogP contribution in [0, 0.1) is 0 Å². The third-order valence-corrected chi connectivity index (χ3v) is 7.27. The molecule has 3 nitrogen and oxygen atoms in total. The molecule has 3 aromatic heterocycles. The molecular formula is C33H20N2O. The van der Waals surface area contributed by atoms with E-state index in [1.165, 1.54) is 38.0 Å². The molecular weight excluding hydrogens is 440 g/mol. The number of hydrogen-bond acceptors (Lipinski definition) is 2. The Morgan fingerprint density at radius 1 is 0.583 bits per heavy atom. The molecule has 0 radical (unpaired) electrons. The molecule has 0 amide bonds. The molecule has 168 valence electrons. The second-order valence-electron chi connectivity index (χ2n) is 9.31. The van der Waals surface area contributed by atoms with E-state index in [1.54, 1.807) is 0 Å². The summed E-state index contributed by atoms with van der Waals surface area (Å²) < 4.78 is 8.56. The zero-order valence-electron chi connectivity index (χ0n) is 19.3. The van der Waals surface area contributed by atoms with Gasteiger partial charge in [0.1, 0.15) is 11.2 Å². The lowest BCUT2D eigenvalue weighted by molar-refractivity contribution is 0.669. The average Bonchev–Trinajstić information content (AvgIpc) is 3.52. The van der Waals surface area contributed by atoms with Crippen LogP contribution in [0.15, 0.2) is 126 Å². The van der Waals surface area contributed by atoms with Crippen LogP contribution in [0.2, 0.25) is 0 Å². The first kappa shape index (κ1) is 19.4. The molecule has 0 aliphatic carbocycles. The predicted molar refractivity (Wildman–Crippen MR) is 149 cm³/mol. The normalized spacial score (nSPS) is 11.9. The van der Waals surface area contributed by atoms with E-state index in [1.807, 2.05) is 30.6 Å². The largest absolute Gasteiger partial charge is 0.456 e. The van der Waals surface area contributed by atoms with Gasteiger partial charge in [-0.2, -0.15) is 0 Å². The minimum atomic E-state index is 0.909. The molecule has 0 unspecified atom stereocenters. The Labute approximate surface area is 206 Å². The van der Waals surface area contributed by atoms with E-state index in [9.17, 15) is 0 Å². The summed E-state index contributed by atoms with van der Waals surface area (Å²) in [7, 11) is 0. The summed E-state index contributed by atoms with van der Waals surface area (Å²) in [5.74, 6) is 0. The number of rotatable bonds is 2. The molecule has 0 atom stereocenters. The Morgan fingerprint density at radius 2 is 1.47 bits per heavy atom. The molecule has 8 aromatic rings. The lowest BCUT2D eigenvalue weighted by atomic mass is 9.92. The standard InChI is InChI=1S/C33H20N2O/c1-2-8-24(9-3-1)35-14-12-21-15-23-16-26(22-7-6-13-34-20-22)28-17-30-25-10-4-5-11-32(25)36-33(30)19-29(28)27(23)18-31(21)35/h1-20H. The Kier molecular flexibility index (Phi) is 3.94. The summed E-state index contributed by atoms with van der Waals surface area (Å²) in [5.41, 5.74) is 6.46. The Bertz CT molecular complexity index is 2080. The topological polar surface area (TPSA) is 31.0 Å². The second-order valence-corrected chi connectivity index (χ2v) is 9.31. The number of pyridine rings is 1. The Morgan fingerprint density at radius 3 is 2.36 bits per heavy atom. The number of benzene rings is 5. The van der Waals surface area contributed by atoms with E-state index in [0.29, 0.717) is 0 Å². The fourth-order valence-electron chi connectivity index (χ4n) is 5.58. The van der Waals surface area contributed by atoms with Gasteiger partial charge in [0, 0.05) is 46.0 Å². The van der Waals surface area contributed by atoms with Crippen molar-refractivity contribution in [1.29, 1.82) is 0 Å². The van der Waals surface area contributed by atoms with E-state index in [2.05, 4.69) is 101 Å². The van der Waals surface area contributed by atoms with Gasteiger partial charge < -0.3 is 8.98 Å². The third-order valence-electron chi connectivity index (χ3n) is 7.27. The van der Waals surface area contributed by atoms with Crippen LogP contribution in [0.5, 0.6) is 0 Å². The Hall–Kier alpha value is -4.89. The fourth-order valence-corrected chi connectivity index (χ4v) is 5.58. The van der Waals surface area contributed by atoms with Gasteiger partial charge in [-0.1, -0.05) is 42.5 Å². The van der Waals surface area contributed by atoms with Crippen molar-refractivity contribution in [2.75, 3.05) is 0 Å². The smallest absolute Gasteiger partial charge is 0.136 e. The minimum absolute atomic E-state index is 0.909. The molecule has 3 heterocycles. The summed E-state index contributed by atoms with van der Waals surface area (Å²) in [6.07, 6.45) is 5.92. The number of furan rings is 1. The number of nitrogens with zero attached hydrogens (tertiary/aromatic N) is 2. The zero-order chi connectivity index (χ0) is 23.6.